The van der Waals surface area contributed by atoms with E-state index in [1.54, 1.807) is 6.08 Å². The molecule has 0 atom stereocenters. The fourth-order valence-electron chi connectivity index (χ4n) is 1.91. The quantitative estimate of drug-likeness (QED) is 0.405. The molecule has 2 amide bonds. The first-order valence-corrected chi connectivity index (χ1v) is 6.40. The Morgan fingerprint density at radius 2 is 1.79 bits per heavy atom. The van der Waals surface area contributed by atoms with Crippen LogP contribution in [0.25, 0.3) is 0 Å². The lowest BCUT2D eigenvalue weighted by molar-refractivity contribution is -0.155. The highest BCUT2D eigenvalue weighted by atomic mass is 16.5. The molecule has 0 unspecified atom stereocenters. The van der Waals surface area contributed by atoms with Crippen LogP contribution in [0.1, 0.15) is 20.3 Å². The Hall–Kier alpha value is -1.85. The Kier molecular flexibility index (Phi) is 5.54. The average Bonchev–Trinajstić information content (AvgIpc) is 2.43. The van der Waals surface area contributed by atoms with Gasteiger partial charge in [0.2, 0.25) is 0 Å². The Bertz CT molecular complexity index is 403. The number of rotatable bonds is 5. The molecule has 0 saturated carbocycles. The standard InChI is InChI=1S/C13H20N2O4/c1-4-10(13(18)19-3)6-7-15-9-8-14(5-2)11(16)12(15)17/h6H,4-5,7-9H2,1-3H3. The number of carbonyl (C=O) groups is 3. The Labute approximate surface area is 113 Å². The highest BCUT2D eigenvalue weighted by molar-refractivity contribution is 6.35. The van der Waals surface area contributed by atoms with Crippen molar-refractivity contribution in [3.63, 3.8) is 0 Å². The molecule has 0 radical (unpaired) electrons. The van der Waals surface area contributed by atoms with E-state index in [2.05, 4.69) is 4.74 Å². The van der Waals surface area contributed by atoms with Gasteiger partial charge in [-0.1, -0.05) is 13.0 Å². The summed E-state index contributed by atoms with van der Waals surface area (Å²) >= 11 is 0. The van der Waals surface area contributed by atoms with Gasteiger partial charge in [-0.15, -0.1) is 0 Å². The summed E-state index contributed by atoms with van der Waals surface area (Å²) in [5.41, 5.74) is 0.515. The maximum Gasteiger partial charge on any atom is 0.333 e. The fourth-order valence-corrected chi connectivity index (χ4v) is 1.91. The molecule has 19 heavy (non-hydrogen) atoms. The van der Waals surface area contributed by atoms with Crippen LogP contribution in [0.2, 0.25) is 0 Å². The summed E-state index contributed by atoms with van der Waals surface area (Å²) in [5, 5.41) is 0. The van der Waals surface area contributed by atoms with Crippen molar-refractivity contribution >= 4 is 17.8 Å². The third kappa shape index (κ3) is 3.56. The van der Waals surface area contributed by atoms with Gasteiger partial charge in [-0.25, -0.2) is 4.79 Å². The van der Waals surface area contributed by atoms with Crippen LogP contribution in [0.5, 0.6) is 0 Å². The second-order valence-corrected chi connectivity index (χ2v) is 4.21. The molecule has 0 aromatic carbocycles. The van der Waals surface area contributed by atoms with Gasteiger partial charge in [0.1, 0.15) is 0 Å². The number of piperazine rings is 1. The monoisotopic (exact) mass is 268 g/mol. The molecule has 0 aliphatic carbocycles. The minimum atomic E-state index is -0.510. The zero-order valence-corrected chi connectivity index (χ0v) is 11.6. The topological polar surface area (TPSA) is 66.9 Å². The normalized spacial score (nSPS) is 16.9. The lowest BCUT2D eigenvalue weighted by Crippen LogP contribution is -2.54. The van der Waals surface area contributed by atoms with Crippen LogP contribution in [0.4, 0.5) is 0 Å². The van der Waals surface area contributed by atoms with Crippen molar-refractivity contribution in [2.24, 2.45) is 0 Å². The van der Waals surface area contributed by atoms with E-state index >= 15 is 0 Å². The summed E-state index contributed by atoms with van der Waals surface area (Å²) < 4.78 is 4.64. The second kappa shape index (κ2) is 6.92. The highest BCUT2D eigenvalue weighted by Gasteiger charge is 2.30. The van der Waals surface area contributed by atoms with Gasteiger partial charge in [0, 0.05) is 31.8 Å². The van der Waals surface area contributed by atoms with E-state index in [0.717, 1.165) is 0 Å². The van der Waals surface area contributed by atoms with Crippen LogP contribution in [0, 0.1) is 0 Å². The van der Waals surface area contributed by atoms with E-state index in [9.17, 15) is 14.4 Å². The van der Waals surface area contributed by atoms with Crippen LogP contribution >= 0.6 is 0 Å². The minimum absolute atomic E-state index is 0.264. The summed E-state index contributed by atoms with van der Waals surface area (Å²) in [5.74, 6) is -1.38. The number of esters is 1. The average molecular weight is 268 g/mol. The molecule has 0 aromatic heterocycles. The number of likely N-dealkylation sites (N-methyl/N-ethyl adjacent to an activating group) is 1. The largest absolute Gasteiger partial charge is 0.466 e. The molecule has 1 aliphatic heterocycles. The molecule has 1 heterocycles. The summed E-state index contributed by atoms with van der Waals surface area (Å²) in [7, 11) is 1.32. The van der Waals surface area contributed by atoms with Crippen LogP contribution in [0.15, 0.2) is 11.6 Å². The zero-order valence-electron chi connectivity index (χ0n) is 11.6. The highest BCUT2D eigenvalue weighted by Crippen LogP contribution is 2.08. The number of carbonyl (C=O) groups excluding carboxylic acids is 3. The number of hydrogen-bond donors (Lipinski definition) is 0. The predicted octanol–water partition coefficient (Wildman–Crippen LogP) is 0.187. The molecule has 0 N–H and O–H groups in total. The van der Waals surface area contributed by atoms with E-state index in [1.165, 1.54) is 16.9 Å². The minimum Gasteiger partial charge on any atom is -0.466 e. The predicted molar refractivity (Wildman–Crippen MR) is 69.2 cm³/mol. The SMILES string of the molecule is CCC(=CCN1CCN(CC)C(=O)C1=O)C(=O)OC. The van der Waals surface area contributed by atoms with Crippen LogP contribution in [0.3, 0.4) is 0 Å². The summed E-state index contributed by atoms with van der Waals surface area (Å²) in [6, 6.07) is 0. The maximum atomic E-state index is 11.8. The molecule has 0 bridgehead atoms. The van der Waals surface area contributed by atoms with Crippen molar-refractivity contribution in [2.45, 2.75) is 20.3 Å². The van der Waals surface area contributed by atoms with E-state index < -0.39 is 17.8 Å². The van der Waals surface area contributed by atoms with E-state index in [4.69, 9.17) is 0 Å². The molecule has 0 spiro atoms. The lowest BCUT2D eigenvalue weighted by Gasteiger charge is -2.32. The summed E-state index contributed by atoms with van der Waals surface area (Å²) in [6.07, 6.45) is 2.18. The van der Waals surface area contributed by atoms with Crippen molar-refractivity contribution in [3.8, 4) is 0 Å². The van der Waals surface area contributed by atoms with Crippen molar-refractivity contribution in [3.05, 3.63) is 11.6 Å². The van der Waals surface area contributed by atoms with Gasteiger partial charge >= 0.3 is 17.8 Å². The molecular weight excluding hydrogens is 248 g/mol. The first-order chi connectivity index (χ1) is 9.04. The Morgan fingerprint density at radius 1 is 1.21 bits per heavy atom. The molecular formula is C13H20N2O4. The van der Waals surface area contributed by atoms with E-state index in [0.29, 0.717) is 31.6 Å². The Morgan fingerprint density at radius 3 is 2.32 bits per heavy atom. The van der Waals surface area contributed by atoms with Gasteiger partial charge in [-0.3, -0.25) is 9.59 Å². The maximum absolute atomic E-state index is 11.8. The molecule has 6 heteroatoms. The molecule has 106 valence electrons. The van der Waals surface area contributed by atoms with Gasteiger partial charge in [-0.2, -0.15) is 0 Å². The van der Waals surface area contributed by atoms with Crippen molar-refractivity contribution in [2.75, 3.05) is 33.3 Å². The van der Waals surface area contributed by atoms with Gasteiger partial charge in [0.25, 0.3) is 0 Å². The van der Waals surface area contributed by atoms with Gasteiger partial charge in [0.05, 0.1) is 7.11 Å². The fraction of sp³-hybridized carbons (Fsp3) is 0.615. The van der Waals surface area contributed by atoms with E-state index in [1.807, 2.05) is 13.8 Å². The first-order valence-electron chi connectivity index (χ1n) is 6.40. The smallest absolute Gasteiger partial charge is 0.333 e. The third-order valence-electron chi connectivity index (χ3n) is 3.17. The van der Waals surface area contributed by atoms with Gasteiger partial charge in [-0.05, 0) is 13.3 Å². The molecule has 1 fully saturated rings. The van der Waals surface area contributed by atoms with Crippen molar-refractivity contribution in [1.82, 2.24) is 9.80 Å². The van der Waals surface area contributed by atoms with Crippen LogP contribution in [-0.4, -0.2) is 60.9 Å². The number of amides is 2. The summed E-state index contributed by atoms with van der Waals surface area (Å²) in [6.45, 7) is 5.51. The number of nitrogens with zero attached hydrogens (tertiary/aromatic N) is 2. The van der Waals surface area contributed by atoms with Crippen molar-refractivity contribution in [1.29, 1.82) is 0 Å². The van der Waals surface area contributed by atoms with Crippen molar-refractivity contribution < 1.29 is 19.1 Å². The molecule has 1 saturated heterocycles. The first kappa shape index (κ1) is 15.2. The second-order valence-electron chi connectivity index (χ2n) is 4.21. The number of ether oxygens (including phenoxy) is 1. The Balaban J connectivity index is 2.68. The third-order valence-corrected chi connectivity index (χ3v) is 3.17. The lowest BCUT2D eigenvalue weighted by atomic mass is 10.2. The molecule has 1 aliphatic rings. The number of methoxy groups -OCH3 is 1. The summed E-state index contributed by atoms with van der Waals surface area (Å²) in [4.78, 5) is 37.9. The van der Waals surface area contributed by atoms with Gasteiger partial charge in [0.15, 0.2) is 0 Å². The molecule has 1 rings (SSSR count). The molecule has 0 aromatic rings. The van der Waals surface area contributed by atoms with Crippen LogP contribution < -0.4 is 0 Å². The van der Waals surface area contributed by atoms with Crippen LogP contribution in [-0.2, 0) is 19.1 Å². The number of hydrogen-bond acceptors (Lipinski definition) is 4. The molecule has 6 nitrogen and oxygen atoms in total. The van der Waals surface area contributed by atoms with Gasteiger partial charge < -0.3 is 14.5 Å². The van der Waals surface area contributed by atoms with E-state index in [-0.39, 0.29) is 6.54 Å². The zero-order chi connectivity index (χ0) is 14.4.